The molecule has 3 heteroatoms. The molecule has 24 heavy (non-hydrogen) atoms. The molecule has 0 unspecified atom stereocenters. The van der Waals surface area contributed by atoms with Crippen molar-refractivity contribution in [2.24, 2.45) is 0 Å². The predicted molar refractivity (Wildman–Crippen MR) is 102 cm³/mol. The van der Waals surface area contributed by atoms with Crippen molar-refractivity contribution in [2.75, 3.05) is 13.7 Å². The number of aromatic nitrogens is 1. The average molecular weight is 332 g/mol. The van der Waals surface area contributed by atoms with Crippen LogP contribution in [0.5, 0.6) is 5.75 Å². The molecule has 0 spiro atoms. The molecule has 0 atom stereocenters. The molecule has 0 fully saturated rings. The number of benzene rings is 1. The van der Waals surface area contributed by atoms with Crippen molar-refractivity contribution in [3.8, 4) is 5.75 Å². The van der Waals surface area contributed by atoms with Crippen LogP contribution in [0.25, 0.3) is 10.9 Å². The molecule has 134 valence electrons. The first-order chi connectivity index (χ1) is 11.8. The van der Waals surface area contributed by atoms with Crippen LogP contribution < -0.4 is 4.74 Å². The van der Waals surface area contributed by atoms with Crippen molar-refractivity contribution in [2.45, 2.75) is 70.6 Å². The number of aliphatic hydroxyl groups is 1. The van der Waals surface area contributed by atoms with E-state index in [1.54, 1.807) is 7.11 Å². The molecular formula is C21H33NO2. The Morgan fingerprint density at radius 3 is 2.12 bits per heavy atom. The molecule has 0 aliphatic carbocycles. The van der Waals surface area contributed by atoms with E-state index in [1.165, 1.54) is 74.3 Å². The van der Waals surface area contributed by atoms with Crippen LogP contribution in [0, 0.1) is 0 Å². The van der Waals surface area contributed by atoms with Gasteiger partial charge in [0, 0.05) is 23.7 Å². The van der Waals surface area contributed by atoms with Crippen molar-refractivity contribution >= 4 is 10.9 Å². The number of H-pyrrole nitrogens is 1. The number of unbranched alkanes of at least 4 members (excludes halogenated alkanes) is 9. The molecule has 1 aromatic heterocycles. The number of aliphatic hydroxyl groups excluding tert-OH is 1. The van der Waals surface area contributed by atoms with Gasteiger partial charge in [0.1, 0.15) is 5.75 Å². The van der Waals surface area contributed by atoms with Gasteiger partial charge in [-0.15, -0.1) is 0 Å². The van der Waals surface area contributed by atoms with E-state index in [1.807, 2.05) is 6.07 Å². The summed E-state index contributed by atoms with van der Waals surface area (Å²) in [6.45, 7) is 0.350. The van der Waals surface area contributed by atoms with Crippen LogP contribution in [-0.4, -0.2) is 23.8 Å². The Kier molecular flexibility index (Phi) is 8.75. The first kappa shape index (κ1) is 18.9. The second-order valence-corrected chi connectivity index (χ2v) is 6.73. The highest BCUT2D eigenvalue weighted by atomic mass is 16.5. The number of hydrogen-bond donors (Lipinski definition) is 2. The van der Waals surface area contributed by atoms with E-state index >= 15 is 0 Å². The van der Waals surface area contributed by atoms with Gasteiger partial charge in [-0.3, -0.25) is 0 Å². The Morgan fingerprint density at radius 2 is 1.50 bits per heavy atom. The van der Waals surface area contributed by atoms with Gasteiger partial charge < -0.3 is 14.8 Å². The molecule has 0 amide bonds. The maximum atomic E-state index is 8.73. The van der Waals surface area contributed by atoms with Gasteiger partial charge in [0.05, 0.1) is 7.11 Å². The molecule has 0 aliphatic rings. The number of methoxy groups -OCH3 is 1. The van der Waals surface area contributed by atoms with E-state index in [9.17, 15) is 0 Å². The van der Waals surface area contributed by atoms with E-state index in [0.717, 1.165) is 18.6 Å². The van der Waals surface area contributed by atoms with Gasteiger partial charge in [-0.25, -0.2) is 0 Å². The number of aromatic amines is 1. The minimum Gasteiger partial charge on any atom is -0.497 e. The Balaban J connectivity index is 1.56. The second-order valence-electron chi connectivity index (χ2n) is 6.73. The number of rotatable bonds is 13. The van der Waals surface area contributed by atoms with Gasteiger partial charge in [-0.1, -0.05) is 51.4 Å². The molecule has 0 saturated carbocycles. The fourth-order valence-corrected chi connectivity index (χ4v) is 3.33. The summed E-state index contributed by atoms with van der Waals surface area (Å²) in [4.78, 5) is 3.36. The number of ether oxygens (including phenoxy) is 1. The first-order valence-electron chi connectivity index (χ1n) is 9.60. The third-order valence-electron chi connectivity index (χ3n) is 4.83. The molecule has 2 rings (SSSR count). The quantitative estimate of drug-likeness (QED) is 0.468. The molecule has 0 aliphatic heterocycles. The lowest BCUT2D eigenvalue weighted by molar-refractivity contribution is 0.282. The summed E-state index contributed by atoms with van der Waals surface area (Å²) < 4.78 is 5.33. The first-order valence-corrected chi connectivity index (χ1v) is 9.60. The van der Waals surface area contributed by atoms with Gasteiger partial charge >= 0.3 is 0 Å². The highest BCUT2D eigenvalue weighted by Gasteiger charge is 2.05. The van der Waals surface area contributed by atoms with Crippen LogP contribution in [-0.2, 0) is 6.42 Å². The molecule has 1 aromatic carbocycles. The van der Waals surface area contributed by atoms with Gasteiger partial charge in [0.15, 0.2) is 0 Å². The zero-order valence-electron chi connectivity index (χ0n) is 15.2. The zero-order chi connectivity index (χ0) is 17.0. The lowest BCUT2D eigenvalue weighted by Crippen LogP contribution is -1.87. The van der Waals surface area contributed by atoms with E-state index in [-0.39, 0.29) is 0 Å². The van der Waals surface area contributed by atoms with Crippen LogP contribution in [0.15, 0.2) is 24.4 Å². The molecule has 0 radical (unpaired) electrons. The Bertz CT molecular complexity index is 576. The van der Waals surface area contributed by atoms with Crippen LogP contribution in [0.2, 0.25) is 0 Å². The van der Waals surface area contributed by atoms with Crippen molar-refractivity contribution < 1.29 is 9.84 Å². The normalized spacial score (nSPS) is 11.2. The van der Waals surface area contributed by atoms with Gasteiger partial charge in [-0.2, -0.15) is 0 Å². The topological polar surface area (TPSA) is 45.2 Å². The Hall–Kier alpha value is -1.48. The molecule has 2 N–H and O–H groups in total. The SMILES string of the molecule is COc1ccc2[nH]cc(CCCCCCCCCCCCO)c2c1. The standard InChI is InChI=1S/C21H33NO2/c1-24-19-13-14-21-20(16-19)18(17-22-21)12-10-8-6-4-2-3-5-7-9-11-15-23/h13-14,16-17,22-23H,2-12,15H2,1H3. The molecule has 2 aromatic rings. The van der Waals surface area contributed by atoms with Gasteiger partial charge in [0.2, 0.25) is 0 Å². The third-order valence-corrected chi connectivity index (χ3v) is 4.83. The monoisotopic (exact) mass is 331 g/mol. The minimum atomic E-state index is 0.350. The summed E-state index contributed by atoms with van der Waals surface area (Å²) in [5, 5.41) is 10.0. The highest BCUT2D eigenvalue weighted by molar-refractivity contribution is 5.84. The van der Waals surface area contributed by atoms with Crippen LogP contribution in [0.1, 0.15) is 69.8 Å². The third kappa shape index (κ3) is 6.20. The summed E-state index contributed by atoms with van der Waals surface area (Å²) in [6.07, 6.45) is 16.1. The van der Waals surface area contributed by atoms with Crippen LogP contribution >= 0.6 is 0 Å². The minimum absolute atomic E-state index is 0.350. The van der Waals surface area contributed by atoms with E-state index in [4.69, 9.17) is 9.84 Å². The summed E-state index contributed by atoms with van der Waals surface area (Å²) in [7, 11) is 1.72. The van der Waals surface area contributed by atoms with Crippen molar-refractivity contribution in [1.29, 1.82) is 0 Å². The van der Waals surface area contributed by atoms with E-state index < -0.39 is 0 Å². The maximum Gasteiger partial charge on any atom is 0.119 e. The van der Waals surface area contributed by atoms with E-state index in [0.29, 0.717) is 6.61 Å². The summed E-state index contributed by atoms with van der Waals surface area (Å²) in [6, 6.07) is 6.24. The lowest BCUT2D eigenvalue weighted by atomic mass is 10.0. The van der Waals surface area contributed by atoms with Crippen molar-refractivity contribution in [1.82, 2.24) is 4.98 Å². The van der Waals surface area contributed by atoms with Crippen molar-refractivity contribution in [3.05, 3.63) is 30.0 Å². The fourth-order valence-electron chi connectivity index (χ4n) is 3.33. The van der Waals surface area contributed by atoms with Crippen LogP contribution in [0.4, 0.5) is 0 Å². The van der Waals surface area contributed by atoms with Gasteiger partial charge in [0.25, 0.3) is 0 Å². The lowest BCUT2D eigenvalue weighted by Gasteiger charge is -2.03. The summed E-state index contributed by atoms with van der Waals surface area (Å²) in [5.41, 5.74) is 2.61. The van der Waals surface area contributed by atoms with Crippen molar-refractivity contribution in [3.63, 3.8) is 0 Å². The van der Waals surface area contributed by atoms with E-state index in [2.05, 4.69) is 23.3 Å². The predicted octanol–water partition coefficient (Wildman–Crippen LogP) is 5.61. The van der Waals surface area contributed by atoms with Crippen LogP contribution in [0.3, 0.4) is 0 Å². The largest absolute Gasteiger partial charge is 0.497 e. The Morgan fingerprint density at radius 1 is 0.875 bits per heavy atom. The summed E-state index contributed by atoms with van der Waals surface area (Å²) in [5.74, 6) is 0.933. The van der Waals surface area contributed by atoms with Gasteiger partial charge in [-0.05, 0) is 43.0 Å². The molecule has 0 saturated heterocycles. The smallest absolute Gasteiger partial charge is 0.119 e. The number of aryl methyl sites for hydroxylation is 1. The maximum absolute atomic E-state index is 8.73. The molecule has 1 heterocycles. The number of fused-ring (bicyclic) bond motifs is 1. The fraction of sp³-hybridized carbons (Fsp3) is 0.619. The molecular weight excluding hydrogens is 298 g/mol. The highest BCUT2D eigenvalue weighted by Crippen LogP contribution is 2.25. The zero-order valence-corrected chi connectivity index (χ0v) is 15.2. The number of hydrogen-bond acceptors (Lipinski definition) is 2. The average Bonchev–Trinajstić information content (AvgIpc) is 3.02. The molecule has 0 bridgehead atoms. The molecule has 3 nitrogen and oxygen atoms in total. The summed E-state index contributed by atoms with van der Waals surface area (Å²) >= 11 is 0. The Labute approximate surface area is 146 Å². The second kappa shape index (κ2) is 11.1. The number of nitrogens with one attached hydrogen (secondary N) is 1.